The maximum Gasteiger partial charge on any atom is 0.251 e. The monoisotopic (exact) mass is 391 g/mol. The molecule has 0 fully saturated rings. The molecule has 0 heterocycles. The molecular formula is C18H27N6O4. The number of hydrazine groups is 1. The summed E-state index contributed by atoms with van der Waals surface area (Å²) in [5.41, 5.74) is 2.13. The van der Waals surface area contributed by atoms with Gasteiger partial charge in [-0.1, -0.05) is 37.5 Å². The summed E-state index contributed by atoms with van der Waals surface area (Å²) in [7, 11) is 0. The highest BCUT2D eigenvalue weighted by Crippen LogP contribution is 2.04. The van der Waals surface area contributed by atoms with Crippen LogP contribution in [0, 0.1) is 28.4 Å². The molecule has 2 atom stereocenters. The van der Waals surface area contributed by atoms with Crippen LogP contribution in [-0.2, 0) is 4.79 Å². The molecule has 10 nitrogen and oxygen atoms in total. The number of nitrogens with zero attached hydrogens (tertiary/aromatic N) is 1. The summed E-state index contributed by atoms with van der Waals surface area (Å²) < 4.78 is 0. The van der Waals surface area contributed by atoms with E-state index in [0.717, 1.165) is 0 Å². The minimum Gasteiger partial charge on any atom is -0.354 e. The number of amides is 2. The molecule has 2 amide bonds. The lowest BCUT2D eigenvalue weighted by Crippen LogP contribution is -2.48. The van der Waals surface area contributed by atoms with E-state index in [1.54, 1.807) is 35.8 Å². The summed E-state index contributed by atoms with van der Waals surface area (Å²) in [4.78, 5) is 35.1. The summed E-state index contributed by atoms with van der Waals surface area (Å²) in [5.74, 6) is -0.891. The smallest absolute Gasteiger partial charge is 0.251 e. The van der Waals surface area contributed by atoms with Crippen LogP contribution in [0.3, 0.4) is 0 Å². The summed E-state index contributed by atoms with van der Waals surface area (Å²) in [6.45, 7) is 6.44. The first-order valence-electron chi connectivity index (χ1n) is 8.99. The van der Waals surface area contributed by atoms with Gasteiger partial charge in [0.2, 0.25) is 5.91 Å². The molecule has 5 N–H and O–H groups in total. The van der Waals surface area contributed by atoms with Crippen LogP contribution in [0.2, 0.25) is 0 Å². The van der Waals surface area contributed by atoms with Gasteiger partial charge in [0.15, 0.2) is 5.03 Å². The van der Waals surface area contributed by atoms with Gasteiger partial charge < -0.3 is 16.0 Å². The van der Waals surface area contributed by atoms with Gasteiger partial charge in [0.05, 0.1) is 0 Å². The SMILES string of the molecule is [CH2]CC(C)CNC(=O)[C@H](CCCNC(=N)N[N+](=O)[O-])NC(=O)c1ccccc1. The van der Waals surface area contributed by atoms with Crippen LogP contribution in [-0.4, -0.2) is 41.9 Å². The fourth-order valence-electron chi connectivity index (χ4n) is 2.25. The van der Waals surface area contributed by atoms with E-state index >= 15 is 0 Å². The van der Waals surface area contributed by atoms with E-state index in [0.29, 0.717) is 31.4 Å². The molecule has 1 rings (SSSR count). The second kappa shape index (κ2) is 12.3. The van der Waals surface area contributed by atoms with E-state index in [1.807, 2.05) is 6.92 Å². The van der Waals surface area contributed by atoms with Gasteiger partial charge in [-0.2, -0.15) is 0 Å². The molecule has 0 aromatic heterocycles. The molecule has 0 spiro atoms. The third-order valence-electron chi connectivity index (χ3n) is 3.95. The van der Waals surface area contributed by atoms with Crippen molar-refractivity contribution in [2.24, 2.45) is 5.92 Å². The van der Waals surface area contributed by atoms with Crippen molar-refractivity contribution in [2.45, 2.75) is 32.2 Å². The fraction of sp³-hybridized carbons (Fsp3) is 0.444. The van der Waals surface area contributed by atoms with Crippen molar-refractivity contribution in [1.82, 2.24) is 21.4 Å². The highest BCUT2D eigenvalue weighted by atomic mass is 16.7. The normalized spacial score (nSPS) is 12.4. The van der Waals surface area contributed by atoms with Crippen molar-refractivity contribution < 1.29 is 14.6 Å². The highest BCUT2D eigenvalue weighted by Gasteiger charge is 2.21. The third-order valence-corrected chi connectivity index (χ3v) is 3.95. The molecule has 1 unspecified atom stereocenters. The number of nitro groups is 1. The van der Waals surface area contributed by atoms with Crippen LogP contribution in [0.4, 0.5) is 0 Å². The molecule has 0 aliphatic rings. The standard InChI is InChI=1S/C18H27N6O4/c1-3-13(2)12-21-17(26)15(10-7-11-20-18(19)23-24(27)28)22-16(25)14-8-5-4-6-9-14/h4-6,8-9,13,15H,1,3,7,10-12H2,2H3,(H,21,26)(H,22,25)(H3,19,20,23)/t13?,15-/m0/s1. The molecule has 0 bridgehead atoms. The fourth-order valence-corrected chi connectivity index (χ4v) is 2.25. The molecule has 1 aromatic carbocycles. The van der Waals surface area contributed by atoms with E-state index < -0.39 is 17.0 Å². The Morgan fingerprint density at radius 2 is 1.93 bits per heavy atom. The highest BCUT2D eigenvalue weighted by molar-refractivity contribution is 5.97. The summed E-state index contributed by atoms with van der Waals surface area (Å²) in [6, 6.07) is 7.81. The Morgan fingerprint density at radius 3 is 2.54 bits per heavy atom. The van der Waals surface area contributed by atoms with Gasteiger partial charge in [-0.15, -0.1) is 0 Å². The Labute approximate surface area is 164 Å². The summed E-state index contributed by atoms with van der Waals surface area (Å²) >= 11 is 0. The molecule has 1 radical (unpaired) electrons. The number of nitrogens with one attached hydrogen (secondary N) is 5. The van der Waals surface area contributed by atoms with Gasteiger partial charge in [0.25, 0.3) is 11.9 Å². The first-order chi connectivity index (χ1) is 13.3. The Balaban J connectivity index is 2.61. The van der Waals surface area contributed by atoms with E-state index in [1.165, 1.54) is 0 Å². The molecule has 0 saturated heterocycles. The average molecular weight is 391 g/mol. The average Bonchev–Trinajstić information content (AvgIpc) is 2.68. The largest absolute Gasteiger partial charge is 0.354 e. The van der Waals surface area contributed by atoms with Crippen molar-refractivity contribution in [1.29, 1.82) is 5.41 Å². The van der Waals surface area contributed by atoms with Gasteiger partial charge in [0.1, 0.15) is 6.04 Å². The Bertz CT molecular complexity index is 667. The van der Waals surface area contributed by atoms with Crippen LogP contribution >= 0.6 is 0 Å². The number of carbonyl (C=O) groups excluding carboxylic acids is 2. The van der Waals surface area contributed by atoms with Crippen molar-refractivity contribution in [3.8, 4) is 0 Å². The van der Waals surface area contributed by atoms with Gasteiger partial charge in [0, 0.05) is 18.7 Å². The van der Waals surface area contributed by atoms with Crippen molar-refractivity contribution >= 4 is 17.8 Å². The first kappa shape index (κ1) is 22.9. The van der Waals surface area contributed by atoms with Crippen molar-refractivity contribution in [3.05, 3.63) is 52.9 Å². The van der Waals surface area contributed by atoms with Gasteiger partial charge in [-0.05, 0) is 37.3 Å². The number of rotatable bonds is 11. The minimum atomic E-state index is -0.838. The Morgan fingerprint density at radius 1 is 1.25 bits per heavy atom. The van der Waals surface area contributed by atoms with E-state index in [4.69, 9.17) is 5.41 Å². The number of hydrogen-bond acceptors (Lipinski definition) is 5. The lowest BCUT2D eigenvalue weighted by atomic mass is 10.1. The molecule has 0 saturated carbocycles. The topological polar surface area (TPSA) is 149 Å². The maximum absolute atomic E-state index is 12.5. The molecular weight excluding hydrogens is 364 g/mol. The number of hydrogen-bond donors (Lipinski definition) is 5. The van der Waals surface area contributed by atoms with Crippen LogP contribution in [0.15, 0.2) is 30.3 Å². The van der Waals surface area contributed by atoms with Crippen LogP contribution in [0.1, 0.15) is 36.5 Å². The molecule has 10 heteroatoms. The predicted octanol–water partition coefficient (Wildman–Crippen LogP) is 0.847. The van der Waals surface area contributed by atoms with Gasteiger partial charge >= 0.3 is 0 Å². The van der Waals surface area contributed by atoms with Gasteiger partial charge in [-0.3, -0.25) is 15.0 Å². The maximum atomic E-state index is 12.5. The van der Waals surface area contributed by atoms with Crippen molar-refractivity contribution in [3.63, 3.8) is 0 Å². The number of carbonyl (C=O) groups is 2. The number of benzene rings is 1. The van der Waals surface area contributed by atoms with E-state index in [2.05, 4.69) is 22.9 Å². The third kappa shape index (κ3) is 8.97. The number of guanidine groups is 1. The van der Waals surface area contributed by atoms with E-state index in [-0.39, 0.29) is 24.3 Å². The first-order valence-corrected chi connectivity index (χ1v) is 8.99. The Hall–Kier alpha value is -3.17. The Kier molecular flexibility index (Phi) is 10.0. The minimum absolute atomic E-state index is 0.213. The predicted molar refractivity (Wildman–Crippen MR) is 105 cm³/mol. The summed E-state index contributed by atoms with van der Waals surface area (Å²) in [6.07, 6.45) is 1.40. The van der Waals surface area contributed by atoms with Gasteiger partial charge in [-0.25, -0.2) is 10.1 Å². The second-order valence-electron chi connectivity index (χ2n) is 6.34. The van der Waals surface area contributed by atoms with Crippen LogP contribution < -0.4 is 21.4 Å². The summed E-state index contributed by atoms with van der Waals surface area (Å²) in [5, 5.41) is 24.8. The molecule has 28 heavy (non-hydrogen) atoms. The molecule has 0 aliphatic carbocycles. The quantitative estimate of drug-likeness (QED) is 0.124. The van der Waals surface area contributed by atoms with Crippen LogP contribution in [0.25, 0.3) is 0 Å². The lowest BCUT2D eigenvalue weighted by molar-refractivity contribution is -0.525. The molecule has 153 valence electrons. The molecule has 1 aromatic rings. The van der Waals surface area contributed by atoms with E-state index in [9.17, 15) is 19.7 Å². The zero-order valence-corrected chi connectivity index (χ0v) is 15.9. The zero-order chi connectivity index (χ0) is 20.9. The zero-order valence-electron chi connectivity index (χ0n) is 15.9. The second-order valence-corrected chi connectivity index (χ2v) is 6.34. The van der Waals surface area contributed by atoms with Crippen LogP contribution in [0.5, 0.6) is 0 Å². The molecule has 0 aliphatic heterocycles. The lowest BCUT2D eigenvalue weighted by Gasteiger charge is -2.20. The van der Waals surface area contributed by atoms with Crippen molar-refractivity contribution in [2.75, 3.05) is 13.1 Å².